The number of nitrogens with one attached hydrogen (secondary N) is 1. The van der Waals surface area contributed by atoms with Gasteiger partial charge in [0.15, 0.2) is 0 Å². The lowest BCUT2D eigenvalue weighted by molar-refractivity contribution is -0.191. The van der Waals surface area contributed by atoms with Gasteiger partial charge in [-0.1, -0.05) is 31.0 Å². The number of ether oxygens (including phenoxy) is 2. The number of aromatic nitrogens is 2. The molecule has 2 aliphatic carbocycles. The second-order valence-electron chi connectivity index (χ2n) is 10.2. The average molecular weight is 442 g/mol. The summed E-state index contributed by atoms with van der Waals surface area (Å²) in [4.78, 5) is 13.2. The summed E-state index contributed by atoms with van der Waals surface area (Å²) < 4.78 is 14.0. The number of hydrogen-bond donors (Lipinski definition) is 1. The third kappa shape index (κ3) is 2.83. The Bertz CT molecular complexity index is 1230. The summed E-state index contributed by atoms with van der Waals surface area (Å²) in [5, 5.41) is 7.80. The minimum absolute atomic E-state index is 0.131. The smallest absolute Gasteiger partial charge is 0.235 e. The van der Waals surface area contributed by atoms with Gasteiger partial charge >= 0.3 is 0 Å². The van der Waals surface area contributed by atoms with E-state index < -0.39 is 5.41 Å². The van der Waals surface area contributed by atoms with Crippen LogP contribution in [-0.4, -0.2) is 35.0 Å². The van der Waals surface area contributed by atoms with Crippen molar-refractivity contribution in [3.05, 3.63) is 60.3 Å². The van der Waals surface area contributed by atoms with Crippen LogP contribution in [0.3, 0.4) is 0 Å². The molecule has 3 heterocycles. The van der Waals surface area contributed by atoms with E-state index in [0.29, 0.717) is 5.41 Å². The lowest BCUT2D eigenvalue weighted by atomic mass is 9.65. The van der Waals surface area contributed by atoms with Gasteiger partial charge in [-0.25, -0.2) is 4.68 Å². The van der Waals surface area contributed by atoms with Crippen molar-refractivity contribution in [3.63, 3.8) is 0 Å². The first-order chi connectivity index (χ1) is 16.2. The van der Waals surface area contributed by atoms with Gasteiger partial charge in [0, 0.05) is 11.0 Å². The molecule has 2 spiro atoms. The zero-order valence-corrected chi connectivity index (χ0v) is 18.5. The van der Waals surface area contributed by atoms with Gasteiger partial charge in [-0.2, -0.15) is 5.10 Å². The maximum absolute atomic E-state index is 13.2. The fourth-order valence-electron chi connectivity index (χ4n) is 6.29. The van der Waals surface area contributed by atoms with E-state index in [9.17, 15) is 4.79 Å². The lowest BCUT2D eigenvalue weighted by Crippen LogP contribution is -2.56. The highest BCUT2D eigenvalue weighted by molar-refractivity contribution is 6.08. The summed E-state index contributed by atoms with van der Waals surface area (Å²) in [6.07, 6.45) is 8.01. The van der Waals surface area contributed by atoms with Crippen LogP contribution in [0.25, 0.3) is 16.9 Å². The van der Waals surface area contributed by atoms with Gasteiger partial charge in [-0.15, -0.1) is 0 Å². The van der Waals surface area contributed by atoms with Gasteiger partial charge in [-0.05, 0) is 61.6 Å². The van der Waals surface area contributed by atoms with Gasteiger partial charge in [0.1, 0.15) is 11.9 Å². The number of carbonyl (C=O) groups is 1. The molecular weight excluding hydrogens is 414 g/mol. The SMILES string of the molecule is O=C1Nc2c(OC3CC4(COC4)C3)cc(-c3ccnn3-c3ccccc3)cc2C12CCCC2. The van der Waals surface area contributed by atoms with Crippen molar-refractivity contribution in [2.45, 2.75) is 50.0 Å². The molecule has 7 rings (SSSR count). The molecule has 2 saturated carbocycles. The summed E-state index contributed by atoms with van der Waals surface area (Å²) in [6, 6.07) is 16.5. The molecular formula is C27H27N3O3. The van der Waals surface area contributed by atoms with E-state index in [1.807, 2.05) is 35.1 Å². The predicted octanol–water partition coefficient (Wildman–Crippen LogP) is 4.86. The lowest BCUT2D eigenvalue weighted by Gasteiger charge is -2.52. The quantitative estimate of drug-likeness (QED) is 0.628. The second kappa shape index (κ2) is 6.94. The third-order valence-corrected chi connectivity index (χ3v) is 8.12. The minimum atomic E-state index is -0.427. The molecule has 1 amide bonds. The molecule has 0 radical (unpaired) electrons. The summed E-state index contributed by atoms with van der Waals surface area (Å²) in [7, 11) is 0. The molecule has 3 fully saturated rings. The maximum atomic E-state index is 13.2. The highest BCUT2D eigenvalue weighted by Gasteiger charge is 2.53. The zero-order valence-electron chi connectivity index (χ0n) is 18.5. The highest BCUT2D eigenvalue weighted by Crippen LogP contribution is 2.54. The van der Waals surface area contributed by atoms with Crippen molar-refractivity contribution in [1.82, 2.24) is 9.78 Å². The molecule has 2 aliphatic heterocycles. The van der Waals surface area contributed by atoms with E-state index in [-0.39, 0.29) is 12.0 Å². The monoisotopic (exact) mass is 441 g/mol. The van der Waals surface area contributed by atoms with Crippen molar-refractivity contribution in [3.8, 4) is 22.7 Å². The van der Waals surface area contributed by atoms with Crippen LogP contribution in [-0.2, 0) is 14.9 Å². The molecule has 1 N–H and O–H groups in total. The molecule has 0 unspecified atom stereocenters. The number of anilines is 1. The van der Waals surface area contributed by atoms with E-state index in [4.69, 9.17) is 9.47 Å². The van der Waals surface area contributed by atoms with Crippen LogP contribution < -0.4 is 10.1 Å². The number of nitrogens with zero attached hydrogens (tertiary/aromatic N) is 2. The minimum Gasteiger partial charge on any atom is -0.488 e. The maximum Gasteiger partial charge on any atom is 0.235 e. The van der Waals surface area contributed by atoms with Gasteiger partial charge in [-0.3, -0.25) is 4.79 Å². The molecule has 6 nitrogen and oxygen atoms in total. The van der Waals surface area contributed by atoms with Gasteiger partial charge < -0.3 is 14.8 Å². The van der Waals surface area contributed by atoms with Crippen LogP contribution in [0.1, 0.15) is 44.1 Å². The zero-order chi connectivity index (χ0) is 22.0. The van der Waals surface area contributed by atoms with Crippen molar-refractivity contribution in [2.75, 3.05) is 18.5 Å². The Hall–Kier alpha value is -3.12. The van der Waals surface area contributed by atoms with Gasteiger partial charge in [0.05, 0.1) is 41.9 Å². The number of fused-ring (bicyclic) bond motifs is 2. The first-order valence-electron chi connectivity index (χ1n) is 12.0. The van der Waals surface area contributed by atoms with E-state index in [1.165, 1.54) is 0 Å². The molecule has 1 saturated heterocycles. The standard InChI is InChI=1S/C27H27N3O3/c31-25-27(9-4-5-10-27)21-12-18(22-8-11-28-30(22)19-6-2-1-3-7-19)13-23(24(21)29-25)33-20-14-26(15-20)16-32-17-26/h1-3,6-8,11-13,20H,4-5,9-10,14-17H2,(H,29,31). The number of hydrogen-bond acceptors (Lipinski definition) is 4. The largest absolute Gasteiger partial charge is 0.488 e. The molecule has 0 bridgehead atoms. The molecule has 3 aromatic rings. The molecule has 4 aliphatic rings. The summed E-state index contributed by atoms with van der Waals surface area (Å²) >= 11 is 0. The Kier molecular flexibility index (Phi) is 4.07. The second-order valence-corrected chi connectivity index (χ2v) is 10.2. The number of benzene rings is 2. The number of amides is 1. The van der Waals surface area contributed by atoms with Crippen molar-refractivity contribution >= 4 is 11.6 Å². The van der Waals surface area contributed by atoms with Crippen molar-refractivity contribution < 1.29 is 14.3 Å². The van der Waals surface area contributed by atoms with Gasteiger partial charge in [0.2, 0.25) is 5.91 Å². The molecule has 1 aromatic heterocycles. The summed E-state index contributed by atoms with van der Waals surface area (Å²) in [6.45, 7) is 1.70. The number of para-hydroxylation sites is 1. The van der Waals surface area contributed by atoms with E-state index in [0.717, 1.165) is 85.7 Å². The van der Waals surface area contributed by atoms with Crippen LogP contribution in [0.4, 0.5) is 5.69 Å². The van der Waals surface area contributed by atoms with Crippen LogP contribution in [0.5, 0.6) is 5.75 Å². The topological polar surface area (TPSA) is 65.4 Å². The van der Waals surface area contributed by atoms with Crippen LogP contribution >= 0.6 is 0 Å². The van der Waals surface area contributed by atoms with Gasteiger partial charge in [0.25, 0.3) is 0 Å². The fourth-order valence-corrected chi connectivity index (χ4v) is 6.29. The Morgan fingerprint density at radius 1 is 1.06 bits per heavy atom. The summed E-state index contributed by atoms with van der Waals surface area (Å²) in [5.74, 6) is 0.923. The molecule has 2 aromatic carbocycles. The van der Waals surface area contributed by atoms with Crippen molar-refractivity contribution in [2.24, 2.45) is 5.41 Å². The van der Waals surface area contributed by atoms with Crippen molar-refractivity contribution in [1.29, 1.82) is 0 Å². The van der Waals surface area contributed by atoms with Crippen LogP contribution in [0.2, 0.25) is 0 Å². The Morgan fingerprint density at radius 3 is 2.58 bits per heavy atom. The van der Waals surface area contributed by atoms with Crippen LogP contribution in [0.15, 0.2) is 54.7 Å². The number of carbonyl (C=O) groups excluding carboxylic acids is 1. The molecule has 168 valence electrons. The highest BCUT2D eigenvalue weighted by atomic mass is 16.5. The third-order valence-electron chi connectivity index (χ3n) is 8.12. The molecule has 33 heavy (non-hydrogen) atoms. The van der Waals surface area contributed by atoms with Crippen LogP contribution in [0, 0.1) is 5.41 Å². The Morgan fingerprint density at radius 2 is 1.85 bits per heavy atom. The Labute approximate surface area is 192 Å². The van der Waals surface area contributed by atoms with E-state index >= 15 is 0 Å². The van der Waals surface area contributed by atoms with E-state index in [1.54, 1.807) is 0 Å². The summed E-state index contributed by atoms with van der Waals surface area (Å²) in [5.41, 5.74) is 4.92. The molecule has 0 atom stereocenters. The first-order valence-corrected chi connectivity index (χ1v) is 12.0. The Balaban J connectivity index is 1.33. The average Bonchev–Trinajstić information content (AvgIpc) is 3.51. The normalized spacial score (nSPS) is 22.1. The fraction of sp³-hybridized carbons (Fsp3) is 0.407. The number of rotatable bonds is 4. The molecule has 6 heteroatoms. The predicted molar refractivity (Wildman–Crippen MR) is 125 cm³/mol. The van der Waals surface area contributed by atoms with E-state index in [2.05, 4.69) is 34.7 Å². The first kappa shape index (κ1) is 19.4.